The summed E-state index contributed by atoms with van der Waals surface area (Å²) in [6, 6.07) is 5.37. The van der Waals surface area contributed by atoms with E-state index in [9.17, 15) is 4.39 Å². The highest BCUT2D eigenvalue weighted by Crippen LogP contribution is 2.61. The SMILES string of the molecule is Fc1cccc(CC2(CBr)CC3CC3C2)c1Br. The van der Waals surface area contributed by atoms with Crippen LogP contribution < -0.4 is 0 Å². The van der Waals surface area contributed by atoms with Crippen LogP contribution in [0.5, 0.6) is 0 Å². The topological polar surface area (TPSA) is 0 Å². The zero-order chi connectivity index (χ0) is 12.0. The van der Waals surface area contributed by atoms with Gasteiger partial charge in [0.15, 0.2) is 0 Å². The first-order chi connectivity index (χ1) is 8.13. The van der Waals surface area contributed by atoms with Crippen molar-refractivity contribution in [2.75, 3.05) is 5.33 Å². The molecule has 0 aliphatic heterocycles. The Morgan fingerprint density at radius 3 is 2.65 bits per heavy atom. The van der Waals surface area contributed by atoms with Gasteiger partial charge in [0.1, 0.15) is 5.82 Å². The molecule has 2 fully saturated rings. The fourth-order valence-corrected chi connectivity index (χ4v) is 4.46. The fraction of sp³-hybridized carbons (Fsp3) is 0.571. The maximum atomic E-state index is 13.5. The number of halogens is 3. The Kier molecular flexibility index (Phi) is 3.10. The summed E-state index contributed by atoms with van der Waals surface area (Å²) in [7, 11) is 0. The molecule has 0 bridgehead atoms. The van der Waals surface area contributed by atoms with Crippen LogP contribution in [0.15, 0.2) is 22.7 Å². The standard InChI is InChI=1S/C14H15Br2F/c15-8-14(6-10-4-11(10)7-14)5-9-2-1-3-12(17)13(9)16/h1-3,10-11H,4-8H2. The van der Waals surface area contributed by atoms with Crippen LogP contribution in [0.2, 0.25) is 0 Å². The summed E-state index contributed by atoms with van der Waals surface area (Å²) in [4.78, 5) is 0. The monoisotopic (exact) mass is 360 g/mol. The van der Waals surface area contributed by atoms with Crippen molar-refractivity contribution in [3.8, 4) is 0 Å². The van der Waals surface area contributed by atoms with Crippen molar-refractivity contribution in [1.82, 2.24) is 0 Å². The van der Waals surface area contributed by atoms with Crippen molar-refractivity contribution in [3.63, 3.8) is 0 Å². The lowest BCUT2D eigenvalue weighted by Gasteiger charge is -2.29. The van der Waals surface area contributed by atoms with Crippen molar-refractivity contribution in [1.29, 1.82) is 0 Å². The van der Waals surface area contributed by atoms with Crippen LogP contribution in [-0.4, -0.2) is 5.33 Å². The van der Waals surface area contributed by atoms with Crippen molar-refractivity contribution < 1.29 is 4.39 Å². The molecule has 0 nitrogen and oxygen atoms in total. The Morgan fingerprint density at radius 1 is 1.29 bits per heavy atom. The van der Waals surface area contributed by atoms with Crippen LogP contribution in [0.4, 0.5) is 4.39 Å². The molecule has 2 aliphatic carbocycles. The second kappa shape index (κ2) is 4.34. The van der Waals surface area contributed by atoms with E-state index in [0.29, 0.717) is 9.89 Å². The largest absolute Gasteiger partial charge is 0.206 e. The van der Waals surface area contributed by atoms with Crippen LogP contribution in [0.25, 0.3) is 0 Å². The third-order valence-corrected chi connectivity index (χ3v) is 6.42. The number of rotatable bonds is 3. The molecule has 3 heteroatoms. The van der Waals surface area contributed by atoms with Gasteiger partial charge in [-0.3, -0.25) is 0 Å². The molecule has 0 heterocycles. The van der Waals surface area contributed by atoms with Crippen LogP contribution in [0, 0.1) is 23.1 Å². The minimum atomic E-state index is -0.143. The maximum Gasteiger partial charge on any atom is 0.137 e. The summed E-state index contributed by atoms with van der Waals surface area (Å²) >= 11 is 7.05. The third kappa shape index (κ3) is 2.21. The summed E-state index contributed by atoms with van der Waals surface area (Å²) in [6.45, 7) is 0. The molecule has 0 amide bonds. The summed E-state index contributed by atoms with van der Waals surface area (Å²) in [6.07, 6.45) is 5.04. The molecule has 2 atom stereocenters. The first kappa shape index (κ1) is 12.2. The third-order valence-electron chi connectivity index (χ3n) is 4.34. The molecule has 0 aromatic heterocycles. The summed E-state index contributed by atoms with van der Waals surface area (Å²) < 4.78 is 14.2. The molecule has 17 heavy (non-hydrogen) atoms. The fourth-order valence-electron chi connectivity index (χ4n) is 3.40. The minimum Gasteiger partial charge on any atom is -0.206 e. The van der Waals surface area contributed by atoms with Crippen molar-refractivity contribution in [2.24, 2.45) is 17.3 Å². The second-order valence-electron chi connectivity index (χ2n) is 5.69. The molecule has 2 saturated carbocycles. The lowest BCUT2D eigenvalue weighted by molar-refractivity contribution is 0.307. The number of hydrogen-bond donors (Lipinski definition) is 0. The van der Waals surface area contributed by atoms with E-state index in [1.165, 1.54) is 25.3 Å². The predicted molar refractivity (Wildman–Crippen MR) is 74.9 cm³/mol. The Labute approximate surface area is 118 Å². The molecule has 2 unspecified atom stereocenters. The van der Waals surface area contributed by atoms with Gasteiger partial charge in [-0.2, -0.15) is 0 Å². The van der Waals surface area contributed by atoms with Crippen LogP contribution >= 0.6 is 31.9 Å². The molecule has 0 spiro atoms. The molecule has 0 N–H and O–H groups in total. The summed E-state index contributed by atoms with van der Waals surface area (Å²) in [5.74, 6) is 1.77. The zero-order valence-corrected chi connectivity index (χ0v) is 12.7. The lowest BCUT2D eigenvalue weighted by atomic mass is 9.79. The lowest BCUT2D eigenvalue weighted by Crippen LogP contribution is -2.24. The van der Waals surface area contributed by atoms with Gasteiger partial charge in [-0.05, 0) is 70.5 Å². The van der Waals surface area contributed by atoms with Gasteiger partial charge in [0, 0.05) is 5.33 Å². The molecule has 0 saturated heterocycles. The van der Waals surface area contributed by atoms with Crippen molar-refractivity contribution >= 4 is 31.9 Å². The first-order valence-electron chi connectivity index (χ1n) is 6.12. The van der Waals surface area contributed by atoms with E-state index < -0.39 is 0 Å². The average molecular weight is 362 g/mol. The maximum absolute atomic E-state index is 13.5. The quantitative estimate of drug-likeness (QED) is 0.668. The van der Waals surface area contributed by atoms with Gasteiger partial charge in [-0.1, -0.05) is 28.1 Å². The van der Waals surface area contributed by atoms with Gasteiger partial charge in [0.05, 0.1) is 4.47 Å². The number of fused-ring (bicyclic) bond motifs is 1. The second-order valence-corrected chi connectivity index (χ2v) is 7.04. The van der Waals surface area contributed by atoms with Crippen LogP contribution in [0.1, 0.15) is 24.8 Å². The van der Waals surface area contributed by atoms with Gasteiger partial charge < -0.3 is 0 Å². The number of alkyl halides is 1. The van der Waals surface area contributed by atoms with E-state index in [1.807, 2.05) is 12.1 Å². The van der Waals surface area contributed by atoms with Crippen LogP contribution in [-0.2, 0) is 6.42 Å². The number of benzene rings is 1. The summed E-state index contributed by atoms with van der Waals surface area (Å²) in [5.41, 5.74) is 1.48. The Balaban J connectivity index is 1.83. The molecule has 2 aliphatic rings. The van der Waals surface area contributed by atoms with Crippen molar-refractivity contribution in [2.45, 2.75) is 25.7 Å². The predicted octanol–water partition coefficient (Wildman–Crippen LogP) is 4.94. The minimum absolute atomic E-state index is 0.143. The molecule has 3 rings (SSSR count). The zero-order valence-electron chi connectivity index (χ0n) is 9.56. The summed E-state index contributed by atoms with van der Waals surface area (Å²) in [5, 5.41) is 1.04. The van der Waals surface area contributed by atoms with Gasteiger partial charge in [0.25, 0.3) is 0 Å². The molecule has 0 radical (unpaired) electrons. The van der Waals surface area contributed by atoms with E-state index in [0.717, 1.165) is 29.2 Å². The Morgan fingerprint density at radius 2 is 2.00 bits per heavy atom. The smallest absolute Gasteiger partial charge is 0.137 e. The van der Waals surface area contributed by atoms with Crippen molar-refractivity contribution in [3.05, 3.63) is 34.1 Å². The van der Waals surface area contributed by atoms with Gasteiger partial charge in [-0.15, -0.1) is 0 Å². The highest BCUT2D eigenvalue weighted by Gasteiger charge is 2.53. The highest BCUT2D eigenvalue weighted by atomic mass is 79.9. The molecular formula is C14H15Br2F. The van der Waals surface area contributed by atoms with E-state index in [1.54, 1.807) is 0 Å². The van der Waals surface area contributed by atoms with Gasteiger partial charge >= 0.3 is 0 Å². The van der Waals surface area contributed by atoms with E-state index in [-0.39, 0.29) is 5.82 Å². The van der Waals surface area contributed by atoms with Crippen LogP contribution in [0.3, 0.4) is 0 Å². The first-order valence-corrected chi connectivity index (χ1v) is 8.04. The molecule has 92 valence electrons. The number of hydrogen-bond acceptors (Lipinski definition) is 0. The molecule has 1 aromatic carbocycles. The normalized spacial score (nSPS) is 34.8. The van der Waals surface area contributed by atoms with E-state index in [2.05, 4.69) is 31.9 Å². The Hall–Kier alpha value is 0.110. The van der Waals surface area contributed by atoms with E-state index in [4.69, 9.17) is 0 Å². The average Bonchev–Trinajstić information content (AvgIpc) is 2.94. The van der Waals surface area contributed by atoms with Gasteiger partial charge in [0.2, 0.25) is 0 Å². The highest BCUT2D eigenvalue weighted by molar-refractivity contribution is 9.10. The van der Waals surface area contributed by atoms with Gasteiger partial charge in [-0.25, -0.2) is 4.39 Å². The molecular weight excluding hydrogens is 347 g/mol. The molecule has 1 aromatic rings. The van der Waals surface area contributed by atoms with E-state index >= 15 is 0 Å². The Bertz CT molecular complexity index is 434.